The summed E-state index contributed by atoms with van der Waals surface area (Å²) in [5, 5.41) is 3.21. The molecule has 0 spiro atoms. The van der Waals surface area contributed by atoms with Crippen LogP contribution in [0, 0.1) is 5.92 Å². The molecule has 18 heavy (non-hydrogen) atoms. The topological polar surface area (TPSA) is 58.4 Å². The highest BCUT2D eigenvalue weighted by atomic mass is 16.1. The number of likely N-dealkylation sites (tertiary alicyclic amines) is 1. The van der Waals surface area contributed by atoms with Crippen molar-refractivity contribution in [2.45, 2.75) is 52.0 Å². The molecular weight excluding hydrogens is 226 g/mol. The Morgan fingerprint density at radius 2 is 2.22 bits per heavy atom. The molecule has 1 heterocycles. The van der Waals surface area contributed by atoms with E-state index < -0.39 is 5.54 Å². The Morgan fingerprint density at radius 3 is 2.72 bits per heavy atom. The van der Waals surface area contributed by atoms with Gasteiger partial charge in [0, 0.05) is 6.54 Å². The lowest BCUT2D eigenvalue weighted by Gasteiger charge is -2.28. The third kappa shape index (κ3) is 4.25. The minimum atomic E-state index is -0.543. The van der Waals surface area contributed by atoms with E-state index >= 15 is 0 Å². The summed E-state index contributed by atoms with van der Waals surface area (Å²) in [5.74, 6) is 0.637. The maximum Gasteiger partial charge on any atom is 0.237 e. The van der Waals surface area contributed by atoms with Crippen LogP contribution in [0.2, 0.25) is 0 Å². The average Bonchev–Trinajstić information content (AvgIpc) is 2.77. The lowest BCUT2D eigenvalue weighted by atomic mass is 9.94. The zero-order chi connectivity index (χ0) is 13.6. The summed E-state index contributed by atoms with van der Waals surface area (Å²) in [6, 6.07) is 0. The molecule has 1 amide bonds. The molecule has 1 aliphatic rings. The zero-order valence-electron chi connectivity index (χ0n) is 12.2. The molecular formula is C14H29N3O. The van der Waals surface area contributed by atoms with E-state index in [4.69, 9.17) is 5.73 Å². The first kappa shape index (κ1) is 15.4. The van der Waals surface area contributed by atoms with Crippen LogP contribution in [0.5, 0.6) is 0 Å². The van der Waals surface area contributed by atoms with Crippen LogP contribution in [0.4, 0.5) is 0 Å². The SMILES string of the molecule is CCNC(C)(CCCN1CCC(CC)C1)C(N)=O. The second-order valence-corrected chi connectivity index (χ2v) is 5.69. The molecule has 4 heteroatoms. The van der Waals surface area contributed by atoms with E-state index in [0.29, 0.717) is 0 Å². The second-order valence-electron chi connectivity index (χ2n) is 5.69. The number of carbonyl (C=O) groups is 1. The highest BCUT2D eigenvalue weighted by Crippen LogP contribution is 2.20. The first-order valence-electron chi connectivity index (χ1n) is 7.29. The van der Waals surface area contributed by atoms with Crippen LogP contribution in [-0.4, -0.2) is 42.5 Å². The Morgan fingerprint density at radius 1 is 1.50 bits per heavy atom. The van der Waals surface area contributed by atoms with Gasteiger partial charge < -0.3 is 16.0 Å². The average molecular weight is 255 g/mol. The summed E-state index contributed by atoms with van der Waals surface area (Å²) >= 11 is 0. The quantitative estimate of drug-likeness (QED) is 0.688. The number of rotatable bonds is 8. The van der Waals surface area contributed by atoms with Gasteiger partial charge in [0.25, 0.3) is 0 Å². The Kier molecular flexibility index (Phi) is 6.09. The van der Waals surface area contributed by atoms with Crippen LogP contribution < -0.4 is 11.1 Å². The maximum atomic E-state index is 11.5. The Bertz CT molecular complexity index is 270. The van der Waals surface area contributed by atoms with Gasteiger partial charge in [-0.2, -0.15) is 0 Å². The van der Waals surface area contributed by atoms with Crippen LogP contribution in [0.25, 0.3) is 0 Å². The largest absolute Gasteiger partial charge is 0.368 e. The Balaban J connectivity index is 2.29. The van der Waals surface area contributed by atoms with Gasteiger partial charge in [-0.05, 0) is 51.7 Å². The standard InChI is InChI=1S/C14H29N3O/c1-4-12-7-10-17(11-12)9-6-8-14(3,13(15)18)16-5-2/h12,16H,4-11H2,1-3H3,(H2,15,18). The van der Waals surface area contributed by atoms with Crippen LogP contribution in [-0.2, 0) is 4.79 Å². The first-order valence-corrected chi connectivity index (χ1v) is 7.29. The number of hydrogen-bond donors (Lipinski definition) is 2. The van der Waals surface area contributed by atoms with Crippen molar-refractivity contribution in [1.29, 1.82) is 0 Å². The van der Waals surface area contributed by atoms with Crippen LogP contribution in [0.1, 0.15) is 46.5 Å². The fourth-order valence-electron chi connectivity index (χ4n) is 2.79. The van der Waals surface area contributed by atoms with Crippen molar-refractivity contribution in [3.05, 3.63) is 0 Å². The van der Waals surface area contributed by atoms with Gasteiger partial charge in [-0.3, -0.25) is 4.79 Å². The van der Waals surface area contributed by atoms with Crippen LogP contribution >= 0.6 is 0 Å². The first-order chi connectivity index (χ1) is 8.51. The van der Waals surface area contributed by atoms with E-state index in [1.54, 1.807) is 0 Å². The van der Waals surface area contributed by atoms with Crippen molar-refractivity contribution in [2.75, 3.05) is 26.2 Å². The highest BCUT2D eigenvalue weighted by molar-refractivity contribution is 5.84. The molecule has 0 aromatic heterocycles. The smallest absolute Gasteiger partial charge is 0.237 e. The molecule has 0 saturated carbocycles. The lowest BCUT2D eigenvalue weighted by Crippen LogP contribution is -2.53. The molecule has 2 unspecified atom stereocenters. The minimum absolute atomic E-state index is 0.239. The predicted molar refractivity (Wildman–Crippen MR) is 75.3 cm³/mol. The number of hydrogen-bond acceptors (Lipinski definition) is 3. The number of likely N-dealkylation sites (N-methyl/N-ethyl adjacent to an activating group) is 1. The van der Waals surface area contributed by atoms with Gasteiger partial charge in [-0.1, -0.05) is 20.3 Å². The summed E-state index contributed by atoms with van der Waals surface area (Å²) < 4.78 is 0. The molecule has 1 fully saturated rings. The lowest BCUT2D eigenvalue weighted by molar-refractivity contribution is -0.124. The van der Waals surface area contributed by atoms with Gasteiger partial charge in [0.05, 0.1) is 5.54 Å². The van der Waals surface area contributed by atoms with Gasteiger partial charge in [-0.15, -0.1) is 0 Å². The van der Waals surface area contributed by atoms with Gasteiger partial charge >= 0.3 is 0 Å². The third-order valence-corrected chi connectivity index (χ3v) is 4.21. The summed E-state index contributed by atoms with van der Waals surface area (Å²) in [7, 11) is 0. The van der Waals surface area contributed by atoms with Gasteiger partial charge in [0.2, 0.25) is 5.91 Å². The molecule has 0 aliphatic carbocycles. The normalized spacial score (nSPS) is 24.1. The van der Waals surface area contributed by atoms with Gasteiger partial charge in [0.15, 0.2) is 0 Å². The van der Waals surface area contributed by atoms with Crippen molar-refractivity contribution in [2.24, 2.45) is 11.7 Å². The fraction of sp³-hybridized carbons (Fsp3) is 0.929. The molecule has 2 atom stereocenters. The number of primary amides is 1. The molecule has 3 N–H and O–H groups in total. The van der Waals surface area contributed by atoms with E-state index in [1.165, 1.54) is 25.9 Å². The molecule has 0 aromatic rings. The summed E-state index contributed by atoms with van der Waals surface area (Å²) in [6.07, 6.45) is 4.47. The van der Waals surface area contributed by atoms with Crippen LogP contribution in [0.3, 0.4) is 0 Å². The minimum Gasteiger partial charge on any atom is -0.368 e. The van der Waals surface area contributed by atoms with Crippen LogP contribution in [0.15, 0.2) is 0 Å². The van der Waals surface area contributed by atoms with E-state index in [0.717, 1.165) is 31.8 Å². The number of nitrogens with zero attached hydrogens (tertiary/aromatic N) is 1. The monoisotopic (exact) mass is 255 g/mol. The Hall–Kier alpha value is -0.610. The summed E-state index contributed by atoms with van der Waals surface area (Å²) in [4.78, 5) is 14.0. The molecule has 1 rings (SSSR count). The van der Waals surface area contributed by atoms with Crippen molar-refractivity contribution < 1.29 is 4.79 Å². The molecule has 0 aromatic carbocycles. The predicted octanol–water partition coefficient (Wildman–Crippen LogP) is 1.35. The molecule has 106 valence electrons. The number of nitrogens with one attached hydrogen (secondary N) is 1. The second kappa shape index (κ2) is 7.10. The number of carbonyl (C=O) groups excluding carboxylic acids is 1. The van der Waals surface area contributed by atoms with E-state index in [9.17, 15) is 4.79 Å². The molecule has 0 radical (unpaired) electrons. The van der Waals surface area contributed by atoms with Gasteiger partial charge in [-0.25, -0.2) is 0 Å². The Labute approximate surface area is 111 Å². The molecule has 1 saturated heterocycles. The van der Waals surface area contributed by atoms with E-state index in [1.807, 2.05) is 13.8 Å². The zero-order valence-corrected chi connectivity index (χ0v) is 12.2. The molecule has 1 aliphatic heterocycles. The fourth-order valence-corrected chi connectivity index (χ4v) is 2.79. The molecule has 0 bridgehead atoms. The summed E-state index contributed by atoms with van der Waals surface area (Å²) in [6.45, 7) is 10.5. The van der Waals surface area contributed by atoms with Crippen molar-refractivity contribution >= 4 is 5.91 Å². The summed E-state index contributed by atoms with van der Waals surface area (Å²) in [5.41, 5.74) is 4.94. The molecule has 4 nitrogen and oxygen atoms in total. The van der Waals surface area contributed by atoms with E-state index in [-0.39, 0.29) is 5.91 Å². The number of nitrogens with two attached hydrogens (primary N) is 1. The number of amides is 1. The third-order valence-electron chi connectivity index (χ3n) is 4.21. The van der Waals surface area contributed by atoms with Crippen molar-refractivity contribution in [3.63, 3.8) is 0 Å². The maximum absolute atomic E-state index is 11.5. The van der Waals surface area contributed by atoms with Crippen molar-refractivity contribution in [3.8, 4) is 0 Å². The van der Waals surface area contributed by atoms with Crippen molar-refractivity contribution in [1.82, 2.24) is 10.2 Å². The van der Waals surface area contributed by atoms with E-state index in [2.05, 4.69) is 17.1 Å². The van der Waals surface area contributed by atoms with Gasteiger partial charge in [0.1, 0.15) is 0 Å². The highest BCUT2D eigenvalue weighted by Gasteiger charge is 2.29.